The molecule has 3 aromatic rings. The third-order valence-electron chi connectivity index (χ3n) is 4.78. The number of nitrogens with one attached hydrogen (secondary N) is 1. The van der Waals surface area contributed by atoms with E-state index in [1.165, 1.54) is 28.9 Å². The zero-order chi connectivity index (χ0) is 20.5. The van der Waals surface area contributed by atoms with Gasteiger partial charge in [0.1, 0.15) is 11.3 Å². The van der Waals surface area contributed by atoms with E-state index in [0.29, 0.717) is 24.3 Å². The number of rotatable bonds is 3. The summed E-state index contributed by atoms with van der Waals surface area (Å²) in [5.41, 5.74) is 0.262. The number of hydrogen-bond donors (Lipinski definition) is 1. The highest BCUT2D eigenvalue weighted by Gasteiger charge is 2.21. The molecule has 1 aliphatic rings. The standard InChI is InChI=1S/C20H16Cl2N4O3/c21-13-4-3-5-14(22)17(13)18(27)24-15-10-23-16-7-6-12(11-26(16)20(15)29)19(28)25-8-1-2-9-25/h3-7,10-11H,1-2,8-9H2,(H,24,27). The lowest BCUT2D eigenvalue weighted by molar-refractivity contribution is 0.0792. The molecule has 0 atom stereocenters. The number of amides is 2. The second-order valence-corrected chi connectivity index (χ2v) is 7.49. The van der Waals surface area contributed by atoms with Crippen LogP contribution in [-0.2, 0) is 0 Å². The van der Waals surface area contributed by atoms with Gasteiger partial charge in [-0.15, -0.1) is 0 Å². The van der Waals surface area contributed by atoms with Crippen molar-refractivity contribution in [1.82, 2.24) is 14.3 Å². The van der Waals surface area contributed by atoms with Crippen LogP contribution in [0.5, 0.6) is 0 Å². The number of anilines is 1. The van der Waals surface area contributed by atoms with Crippen molar-refractivity contribution in [3.63, 3.8) is 0 Å². The molecule has 1 saturated heterocycles. The van der Waals surface area contributed by atoms with Crippen LogP contribution >= 0.6 is 23.2 Å². The van der Waals surface area contributed by atoms with Crippen molar-refractivity contribution in [2.45, 2.75) is 12.8 Å². The first-order valence-corrected chi connectivity index (χ1v) is 9.77. The van der Waals surface area contributed by atoms with Crippen LogP contribution in [0.2, 0.25) is 10.0 Å². The Morgan fingerprint density at radius 1 is 1.03 bits per heavy atom. The van der Waals surface area contributed by atoms with E-state index in [2.05, 4.69) is 10.3 Å². The normalized spacial score (nSPS) is 13.7. The maximum Gasteiger partial charge on any atom is 0.281 e. The lowest BCUT2D eigenvalue weighted by Crippen LogP contribution is -2.29. The molecule has 1 fully saturated rings. The molecule has 0 aliphatic carbocycles. The van der Waals surface area contributed by atoms with Crippen molar-refractivity contribution in [2.24, 2.45) is 0 Å². The van der Waals surface area contributed by atoms with E-state index in [-0.39, 0.29) is 27.2 Å². The second kappa shape index (κ2) is 7.85. The Morgan fingerprint density at radius 2 is 1.72 bits per heavy atom. The Bertz CT molecular complexity index is 1170. The SMILES string of the molecule is O=C(Nc1cnc2ccc(C(=O)N3CCCC3)cn2c1=O)c1c(Cl)cccc1Cl. The monoisotopic (exact) mass is 430 g/mol. The van der Waals surface area contributed by atoms with Gasteiger partial charge < -0.3 is 10.2 Å². The van der Waals surface area contributed by atoms with Crippen LogP contribution in [-0.4, -0.2) is 39.2 Å². The van der Waals surface area contributed by atoms with E-state index in [1.807, 2.05) is 0 Å². The van der Waals surface area contributed by atoms with Crippen molar-refractivity contribution < 1.29 is 9.59 Å². The number of fused-ring (bicyclic) bond motifs is 1. The Balaban J connectivity index is 1.69. The van der Waals surface area contributed by atoms with Gasteiger partial charge in [0.15, 0.2) is 0 Å². The van der Waals surface area contributed by atoms with Crippen molar-refractivity contribution >= 4 is 46.4 Å². The number of hydrogen-bond acceptors (Lipinski definition) is 4. The highest BCUT2D eigenvalue weighted by Crippen LogP contribution is 2.25. The zero-order valence-corrected chi connectivity index (χ0v) is 16.7. The molecule has 0 bridgehead atoms. The van der Waals surface area contributed by atoms with Gasteiger partial charge in [0.2, 0.25) is 0 Å². The first kappa shape index (κ1) is 19.4. The third-order valence-corrected chi connectivity index (χ3v) is 5.41. The van der Waals surface area contributed by atoms with Crippen molar-refractivity contribution in [3.8, 4) is 0 Å². The average Bonchev–Trinajstić information content (AvgIpc) is 3.24. The summed E-state index contributed by atoms with van der Waals surface area (Å²) in [6.07, 6.45) is 4.66. The number of nitrogens with zero attached hydrogens (tertiary/aromatic N) is 3. The Labute approximate surface area is 175 Å². The van der Waals surface area contributed by atoms with E-state index in [4.69, 9.17) is 23.2 Å². The predicted molar refractivity (Wildman–Crippen MR) is 111 cm³/mol. The molecular weight excluding hydrogens is 415 g/mol. The average molecular weight is 431 g/mol. The summed E-state index contributed by atoms with van der Waals surface area (Å²) >= 11 is 12.1. The van der Waals surface area contributed by atoms with Crippen LogP contribution in [0.3, 0.4) is 0 Å². The molecule has 0 radical (unpaired) electrons. The van der Waals surface area contributed by atoms with Crippen molar-refractivity contribution in [1.29, 1.82) is 0 Å². The van der Waals surface area contributed by atoms with E-state index in [9.17, 15) is 14.4 Å². The highest BCUT2D eigenvalue weighted by atomic mass is 35.5. The van der Waals surface area contributed by atoms with Gasteiger partial charge in [-0.3, -0.25) is 18.8 Å². The number of carbonyl (C=O) groups is 2. The lowest BCUT2D eigenvalue weighted by Gasteiger charge is -2.15. The molecule has 7 nitrogen and oxygen atoms in total. The number of halogens is 2. The molecule has 29 heavy (non-hydrogen) atoms. The Hall–Kier alpha value is -2.90. The lowest BCUT2D eigenvalue weighted by atomic mass is 10.2. The van der Waals surface area contributed by atoms with Crippen LogP contribution in [0.25, 0.3) is 5.65 Å². The Morgan fingerprint density at radius 3 is 2.41 bits per heavy atom. The summed E-state index contributed by atoms with van der Waals surface area (Å²) in [6, 6.07) is 7.92. The number of benzene rings is 1. The first-order chi connectivity index (χ1) is 14.0. The molecule has 0 saturated carbocycles. The number of aromatic nitrogens is 2. The quantitative estimate of drug-likeness (QED) is 0.688. The fraction of sp³-hybridized carbons (Fsp3) is 0.200. The van der Waals surface area contributed by atoms with Gasteiger partial charge in [-0.25, -0.2) is 4.98 Å². The molecule has 4 rings (SSSR count). The maximum atomic E-state index is 12.9. The minimum atomic E-state index is -0.622. The molecule has 2 aromatic heterocycles. The van der Waals surface area contributed by atoms with Gasteiger partial charge in [-0.05, 0) is 37.1 Å². The molecule has 9 heteroatoms. The van der Waals surface area contributed by atoms with E-state index in [1.54, 1.807) is 23.1 Å². The zero-order valence-electron chi connectivity index (χ0n) is 15.2. The molecule has 0 unspecified atom stereocenters. The molecule has 1 N–H and O–H groups in total. The third kappa shape index (κ3) is 3.71. The molecule has 3 heterocycles. The topological polar surface area (TPSA) is 83.8 Å². The van der Waals surface area contributed by atoms with Crippen LogP contribution in [0, 0.1) is 0 Å². The second-order valence-electron chi connectivity index (χ2n) is 6.67. The largest absolute Gasteiger partial charge is 0.339 e. The summed E-state index contributed by atoms with van der Waals surface area (Å²) in [6.45, 7) is 1.41. The van der Waals surface area contributed by atoms with Crippen LogP contribution in [0.4, 0.5) is 5.69 Å². The molecule has 1 aliphatic heterocycles. The molecule has 148 valence electrons. The van der Waals surface area contributed by atoms with Gasteiger partial charge >= 0.3 is 0 Å². The van der Waals surface area contributed by atoms with Gasteiger partial charge in [-0.2, -0.15) is 0 Å². The molecule has 1 aromatic carbocycles. The molecular formula is C20H16Cl2N4O3. The minimum absolute atomic E-state index is 0.0470. The van der Waals surface area contributed by atoms with Crippen molar-refractivity contribution in [2.75, 3.05) is 18.4 Å². The molecule has 2 amide bonds. The summed E-state index contributed by atoms with van der Waals surface area (Å²) in [5.74, 6) is -0.752. The van der Waals surface area contributed by atoms with Crippen LogP contribution in [0.1, 0.15) is 33.6 Å². The van der Waals surface area contributed by atoms with E-state index >= 15 is 0 Å². The fourth-order valence-electron chi connectivity index (χ4n) is 3.29. The van der Waals surface area contributed by atoms with Crippen LogP contribution in [0.15, 0.2) is 47.5 Å². The van der Waals surface area contributed by atoms with Crippen molar-refractivity contribution in [3.05, 3.63) is 74.3 Å². The summed E-state index contributed by atoms with van der Waals surface area (Å²) in [4.78, 5) is 44.0. The van der Waals surface area contributed by atoms with Gasteiger partial charge in [0.05, 0.1) is 27.4 Å². The number of likely N-dealkylation sites (tertiary alicyclic amines) is 1. The fourth-order valence-corrected chi connectivity index (χ4v) is 3.86. The van der Waals surface area contributed by atoms with Gasteiger partial charge in [-0.1, -0.05) is 29.3 Å². The highest BCUT2D eigenvalue weighted by molar-refractivity contribution is 6.40. The smallest absolute Gasteiger partial charge is 0.281 e. The minimum Gasteiger partial charge on any atom is -0.339 e. The number of carbonyl (C=O) groups excluding carboxylic acids is 2. The van der Waals surface area contributed by atoms with Crippen LogP contribution < -0.4 is 10.9 Å². The van der Waals surface area contributed by atoms with E-state index in [0.717, 1.165) is 12.8 Å². The first-order valence-electron chi connectivity index (χ1n) is 9.02. The number of pyridine rings is 1. The Kier molecular flexibility index (Phi) is 5.25. The molecule has 0 spiro atoms. The van der Waals surface area contributed by atoms with E-state index < -0.39 is 11.5 Å². The predicted octanol–water partition coefficient (Wildman–Crippen LogP) is 3.49. The summed E-state index contributed by atoms with van der Waals surface area (Å²) in [5, 5.41) is 2.84. The maximum absolute atomic E-state index is 12.9. The summed E-state index contributed by atoms with van der Waals surface area (Å²) in [7, 11) is 0. The summed E-state index contributed by atoms with van der Waals surface area (Å²) < 4.78 is 1.24. The van der Waals surface area contributed by atoms with Gasteiger partial charge in [0.25, 0.3) is 17.4 Å². The van der Waals surface area contributed by atoms with Gasteiger partial charge in [0, 0.05) is 19.3 Å².